The lowest BCUT2D eigenvalue weighted by atomic mass is 10.0. The van der Waals surface area contributed by atoms with Crippen molar-refractivity contribution in [2.24, 2.45) is 0 Å². The third-order valence-corrected chi connectivity index (χ3v) is 9.32. The smallest absolute Gasteiger partial charge is 0.164 e. The second-order valence-electron chi connectivity index (χ2n) is 12.3. The second kappa shape index (κ2) is 10.9. The summed E-state index contributed by atoms with van der Waals surface area (Å²) in [6, 6.07) is 52.2. The van der Waals surface area contributed by atoms with Crippen molar-refractivity contribution in [3.8, 4) is 45.4 Å². The summed E-state index contributed by atoms with van der Waals surface area (Å²) in [6.07, 6.45) is 1.87. The minimum absolute atomic E-state index is 0.629. The van der Waals surface area contributed by atoms with Gasteiger partial charge in [0.1, 0.15) is 11.3 Å². The first-order valence-electron chi connectivity index (χ1n) is 16.3. The largest absolute Gasteiger partial charge is 0.454 e. The van der Waals surface area contributed by atoms with E-state index in [0.29, 0.717) is 17.5 Å². The predicted octanol–water partition coefficient (Wildman–Crippen LogP) is 11.3. The average Bonchev–Trinajstić information content (AvgIpc) is 3.57. The zero-order chi connectivity index (χ0) is 32.3. The molecule has 3 aromatic heterocycles. The fourth-order valence-electron chi connectivity index (χ4n) is 6.89. The molecule has 3 heterocycles. The molecule has 5 nitrogen and oxygen atoms in total. The summed E-state index contributed by atoms with van der Waals surface area (Å²) in [5.74, 6) is 1.91. The van der Waals surface area contributed by atoms with Crippen molar-refractivity contribution in [1.82, 2.24) is 19.9 Å². The van der Waals surface area contributed by atoms with Crippen LogP contribution in [0.1, 0.15) is 0 Å². The number of nitrogens with zero attached hydrogens (tertiary/aromatic N) is 4. The van der Waals surface area contributed by atoms with Crippen molar-refractivity contribution in [1.29, 1.82) is 0 Å². The molecule has 0 N–H and O–H groups in total. The van der Waals surface area contributed by atoms with Crippen LogP contribution in [0.15, 0.2) is 162 Å². The summed E-state index contributed by atoms with van der Waals surface area (Å²) in [5.41, 5.74) is 6.30. The van der Waals surface area contributed by atoms with Gasteiger partial charge in [0.2, 0.25) is 0 Å². The summed E-state index contributed by atoms with van der Waals surface area (Å²) in [6.45, 7) is 0. The summed E-state index contributed by atoms with van der Waals surface area (Å²) < 4.78 is 6.47. The number of fused-ring (bicyclic) bond motifs is 7. The summed E-state index contributed by atoms with van der Waals surface area (Å²) in [5, 5.41) is 9.06. The number of hydrogen-bond acceptors (Lipinski definition) is 5. The highest BCUT2D eigenvalue weighted by molar-refractivity contribution is 6.20. The van der Waals surface area contributed by atoms with Crippen LogP contribution >= 0.6 is 0 Å². The topological polar surface area (TPSA) is 64.7 Å². The molecule has 0 amide bonds. The Kier molecular flexibility index (Phi) is 6.11. The molecule has 10 aromatic rings. The predicted molar refractivity (Wildman–Crippen MR) is 199 cm³/mol. The van der Waals surface area contributed by atoms with Gasteiger partial charge in [0.05, 0.1) is 0 Å². The van der Waals surface area contributed by atoms with E-state index < -0.39 is 0 Å². The van der Waals surface area contributed by atoms with Gasteiger partial charge in [-0.15, -0.1) is 0 Å². The van der Waals surface area contributed by atoms with Gasteiger partial charge >= 0.3 is 0 Å². The Morgan fingerprint density at radius 3 is 1.69 bits per heavy atom. The SMILES string of the molecule is c1ccc(-c2nc(-c3ccc4ccccc4c3)nc(-c3ccc4cc(-c5nccc6c5oc5ccc7ccccc7c56)ccc4c3)n2)cc1. The van der Waals surface area contributed by atoms with E-state index in [9.17, 15) is 0 Å². The molecule has 10 rings (SSSR count). The fraction of sp³-hybridized carbons (Fsp3) is 0. The number of aromatic nitrogens is 4. The molecule has 5 heteroatoms. The number of pyridine rings is 1. The van der Waals surface area contributed by atoms with Crippen molar-refractivity contribution in [2.45, 2.75) is 0 Å². The third kappa shape index (κ3) is 4.63. The van der Waals surface area contributed by atoms with Crippen LogP contribution in [0.3, 0.4) is 0 Å². The maximum Gasteiger partial charge on any atom is 0.164 e. The van der Waals surface area contributed by atoms with Gasteiger partial charge < -0.3 is 4.42 Å². The number of rotatable bonds is 4. The van der Waals surface area contributed by atoms with Gasteiger partial charge in [-0.25, -0.2) is 15.0 Å². The monoisotopic (exact) mass is 626 g/mol. The van der Waals surface area contributed by atoms with Crippen LogP contribution in [-0.2, 0) is 0 Å². The van der Waals surface area contributed by atoms with Gasteiger partial charge in [-0.05, 0) is 62.6 Å². The molecule has 0 saturated carbocycles. The quantitative estimate of drug-likeness (QED) is 0.194. The highest BCUT2D eigenvalue weighted by Gasteiger charge is 2.17. The first-order valence-corrected chi connectivity index (χ1v) is 16.3. The molecule has 49 heavy (non-hydrogen) atoms. The van der Waals surface area contributed by atoms with Gasteiger partial charge in [-0.3, -0.25) is 4.98 Å². The van der Waals surface area contributed by atoms with E-state index in [2.05, 4.69) is 121 Å². The van der Waals surface area contributed by atoms with Crippen molar-refractivity contribution in [3.05, 3.63) is 158 Å². The molecule has 7 aromatic carbocycles. The highest BCUT2D eigenvalue weighted by atomic mass is 16.3. The van der Waals surface area contributed by atoms with Crippen LogP contribution in [0.4, 0.5) is 0 Å². The lowest BCUT2D eigenvalue weighted by molar-refractivity contribution is 0.668. The van der Waals surface area contributed by atoms with E-state index in [1.165, 1.54) is 16.2 Å². The Hall–Kier alpha value is -6.72. The molecule has 228 valence electrons. The molecule has 0 aliphatic heterocycles. The molecular formula is C44H26N4O. The molecule has 0 bridgehead atoms. The minimum Gasteiger partial charge on any atom is -0.454 e. The Morgan fingerprint density at radius 1 is 0.388 bits per heavy atom. The zero-order valence-corrected chi connectivity index (χ0v) is 26.2. The molecule has 0 fully saturated rings. The summed E-state index contributed by atoms with van der Waals surface area (Å²) >= 11 is 0. The van der Waals surface area contributed by atoms with E-state index in [4.69, 9.17) is 24.4 Å². The minimum atomic E-state index is 0.629. The van der Waals surface area contributed by atoms with Gasteiger partial charge in [-0.2, -0.15) is 0 Å². The number of benzene rings is 7. The Bertz CT molecular complexity index is 2890. The first-order chi connectivity index (χ1) is 24.2. The Labute approximate surface area is 281 Å². The Morgan fingerprint density at radius 2 is 0.939 bits per heavy atom. The van der Waals surface area contributed by atoms with Crippen molar-refractivity contribution in [2.75, 3.05) is 0 Å². The standard InChI is InChI=1S/C44H26N4O/c1-2-10-29(11-3-1)42-46-43(34-18-14-27-8-4-5-12-30(27)25-34)48-44(47-42)35-19-16-31-24-33(17-15-32(31)26-35)40-41-37(22-23-45-40)39-36-13-7-6-9-28(36)20-21-38(39)49-41/h1-26H. The van der Waals surface area contributed by atoms with Gasteiger partial charge in [0, 0.05) is 39.2 Å². The van der Waals surface area contributed by atoms with Crippen LogP contribution in [0.5, 0.6) is 0 Å². The molecular weight excluding hydrogens is 601 g/mol. The molecule has 0 atom stereocenters. The van der Waals surface area contributed by atoms with Crippen molar-refractivity contribution in [3.63, 3.8) is 0 Å². The van der Waals surface area contributed by atoms with Crippen LogP contribution in [0, 0.1) is 0 Å². The molecule has 0 aliphatic carbocycles. The third-order valence-electron chi connectivity index (χ3n) is 9.32. The average molecular weight is 627 g/mol. The van der Waals surface area contributed by atoms with Gasteiger partial charge in [0.25, 0.3) is 0 Å². The van der Waals surface area contributed by atoms with E-state index >= 15 is 0 Å². The van der Waals surface area contributed by atoms with Crippen LogP contribution < -0.4 is 0 Å². The highest BCUT2D eigenvalue weighted by Crippen LogP contribution is 2.39. The molecule has 0 spiro atoms. The van der Waals surface area contributed by atoms with E-state index in [0.717, 1.165) is 66.0 Å². The molecule has 0 unspecified atom stereocenters. The fourth-order valence-corrected chi connectivity index (χ4v) is 6.89. The maximum absolute atomic E-state index is 6.47. The van der Waals surface area contributed by atoms with Crippen molar-refractivity contribution >= 4 is 54.3 Å². The number of hydrogen-bond donors (Lipinski definition) is 0. The van der Waals surface area contributed by atoms with Crippen LogP contribution in [-0.4, -0.2) is 19.9 Å². The molecule has 0 aliphatic rings. The summed E-state index contributed by atoms with van der Waals surface area (Å²) in [4.78, 5) is 19.7. The van der Waals surface area contributed by atoms with Gasteiger partial charge in [0.15, 0.2) is 23.1 Å². The normalized spacial score (nSPS) is 11.7. The van der Waals surface area contributed by atoms with Crippen molar-refractivity contribution < 1.29 is 4.42 Å². The van der Waals surface area contributed by atoms with E-state index in [1.54, 1.807) is 0 Å². The maximum atomic E-state index is 6.47. The van der Waals surface area contributed by atoms with E-state index in [1.807, 2.05) is 36.5 Å². The Balaban J connectivity index is 1.08. The summed E-state index contributed by atoms with van der Waals surface area (Å²) in [7, 11) is 0. The number of furan rings is 1. The molecule has 0 radical (unpaired) electrons. The van der Waals surface area contributed by atoms with Gasteiger partial charge in [-0.1, -0.05) is 121 Å². The first kappa shape index (κ1) is 27.4. The second-order valence-corrected chi connectivity index (χ2v) is 12.3. The van der Waals surface area contributed by atoms with E-state index in [-0.39, 0.29) is 0 Å². The lowest BCUT2D eigenvalue weighted by Crippen LogP contribution is -2.00. The molecule has 0 saturated heterocycles. The van der Waals surface area contributed by atoms with Crippen LogP contribution in [0.25, 0.3) is 99.7 Å². The van der Waals surface area contributed by atoms with Crippen LogP contribution in [0.2, 0.25) is 0 Å². The zero-order valence-electron chi connectivity index (χ0n) is 26.2. The lowest BCUT2D eigenvalue weighted by Gasteiger charge is -2.10.